The highest BCUT2D eigenvalue weighted by Crippen LogP contribution is 2.22. The number of aliphatic hydroxyl groups excluding tert-OH is 1. The monoisotopic (exact) mass is 486 g/mol. The average Bonchev–Trinajstić information content (AvgIpc) is 3.08. The number of aliphatic imine (C=N–C) groups is 1. The Balaban J connectivity index is 0.00000261. The minimum atomic E-state index is -0.145. The Morgan fingerprint density at radius 2 is 1.93 bits per heavy atom. The lowest BCUT2D eigenvalue weighted by Crippen LogP contribution is -2.45. The molecule has 0 atom stereocenters. The van der Waals surface area contributed by atoms with Gasteiger partial charge in [0.1, 0.15) is 0 Å². The van der Waals surface area contributed by atoms with Gasteiger partial charge in [-0.05, 0) is 56.7 Å². The third-order valence-electron chi connectivity index (χ3n) is 5.12. The quantitative estimate of drug-likeness (QED) is 0.340. The zero-order valence-electron chi connectivity index (χ0n) is 16.0. The summed E-state index contributed by atoms with van der Waals surface area (Å²) in [6, 6.07) is 8.49. The van der Waals surface area contributed by atoms with Gasteiger partial charge in [0.2, 0.25) is 5.91 Å². The van der Waals surface area contributed by atoms with Gasteiger partial charge in [-0.2, -0.15) is 0 Å². The molecule has 1 heterocycles. The lowest BCUT2D eigenvalue weighted by Gasteiger charge is -2.27. The summed E-state index contributed by atoms with van der Waals surface area (Å²) in [5, 5.41) is 16.4. The van der Waals surface area contributed by atoms with Crippen molar-refractivity contribution in [2.75, 3.05) is 18.0 Å². The summed E-state index contributed by atoms with van der Waals surface area (Å²) < 4.78 is 0. The van der Waals surface area contributed by atoms with Gasteiger partial charge in [-0.1, -0.05) is 12.1 Å². The minimum absolute atomic E-state index is 0. The summed E-state index contributed by atoms with van der Waals surface area (Å²) in [7, 11) is 0. The van der Waals surface area contributed by atoms with Gasteiger partial charge in [-0.25, -0.2) is 4.99 Å². The van der Waals surface area contributed by atoms with Crippen LogP contribution in [0.3, 0.4) is 0 Å². The Morgan fingerprint density at radius 1 is 1.22 bits per heavy atom. The smallest absolute Gasteiger partial charge is 0.227 e. The summed E-state index contributed by atoms with van der Waals surface area (Å²) in [5.41, 5.74) is 2.10. The summed E-state index contributed by atoms with van der Waals surface area (Å²) in [6.07, 6.45) is 5.12. The molecule has 3 rings (SSSR count). The highest BCUT2D eigenvalue weighted by atomic mass is 127. The van der Waals surface area contributed by atoms with Crippen LogP contribution in [0.25, 0.3) is 0 Å². The van der Waals surface area contributed by atoms with Crippen LogP contribution in [0, 0.1) is 0 Å². The van der Waals surface area contributed by atoms with Crippen LogP contribution in [0.5, 0.6) is 0 Å². The normalized spacial score (nSPS) is 23.1. The Bertz CT molecular complexity index is 627. The highest BCUT2D eigenvalue weighted by Gasteiger charge is 2.21. The first-order valence-corrected chi connectivity index (χ1v) is 9.78. The number of rotatable bonds is 5. The number of benzene rings is 1. The zero-order chi connectivity index (χ0) is 18.4. The molecular formula is C20H31IN4O2. The van der Waals surface area contributed by atoms with Crippen LogP contribution >= 0.6 is 24.0 Å². The molecule has 1 amide bonds. The standard InChI is InChI=1S/C20H30N4O2.HI/c1-2-21-20(23-16-7-11-18(25)12-8-16)22-14-15-5-9-17(10-6-15)24-13-3-4-19(24)26;/h5-6,9-10,16,18,25H,2-4,7-8,11-14H2,1H3,(H2,21,22,23);1H. The second-order valence-electron chi connectivity index (χ2n) is 7.16. The van der Waals surface area contributed by atoms with Crippen molar-refractivity contribution in [1.29, 1.82) is 0 Å². The van der Waals surface area contributed by atoms with Gasteiger partial charge >= 0.3 is 0 Å². The molecular weight excluding hydrogens is 455 g/mol. The average molecular weight is 486 g/mol. The summed E-state index contributed by atoms with van der Waals surface area (Å²) in [5.74, 6) is 1.04. The number of nitrogens with zero attached hydrogens (tertiary/aromatic N) is 2. The molecule has 1 aromatic rings. The van der Waals surface area contributed by atoms with E-state index in [9.17, 15) is 9.90 Å². The molecule has 27 heavy (non-hydrogen) atoms. The van der Waals surface area contributed by atoms with Crippen molar-refractivity contribution in [3.63, 3.8) is 0 Å². The fourth-order valence-corrected chi connectivity index (χ4v) is 3.61. The molecule has 1 saturated heterocycles. The Kier molecular flexibility index (Phi) is 8.82. The first kappa shape index (κ1) is 21.9. The van der Waals surface area contributed by atoms with Crippen LogP contribution in [0.1, 0.15) is 51.0 Å². The van der Waals surface area contributed by atoms with E-state index in [1.54, 1.807) is 0 Å². The number of guanidine groups is 1. The molecule has 150 valence electrons. The molecule has 2 fully saturated rings. The molecule has 6 nitrogen and oxygen atoms in total. The van der Waals surface area contributed by atoms with Crippen molar-refractivity contribution in [3.05, 3.63) is 29.8 Å². The van der Waals surface area contributed by atoms with Gasteiger partial charge in [0.15, 0.2) is 5.96 Å². The molecule has 0 spiro atoms. The van der Waals surface area contributed by atoms with E-state index in [2.05, 4.69) is 17.6 Å². The van der Waals surface area contributed by atoms with E-state index in [-0.39, 0.29) is 36.0 Å². The molecule has 0 bridgehead atoms. The fourth-order valence-electron chi connectivity index (χ4n) is 3.61. The van der Waals surface area contributed by atoms with Crippen molar-refractivity contribution < 1.29 is 9.90 Å². The lowest BCUT2D eigenvalue weighted by molar-refractivity contribution is -0.117. The second-order valence-corrected chi connectivity index (χ2v) is 7.16. The first-order chi connectivity index (χ1) is 12.7. The molecule has 2 aliphatic rings. The zero-order valence-corrected chi connectivity index (χ0v) is 18.3. The Labute approximate surface area is 178 Å². The minimum Gasteiger partial charge on any atom is -0.393 e. The fraction of sp³-hybridized carbons (Fsp3) is 0.600. The molecule has 0 radical (unpaired) electrons. The van der Waals surface area contributed by atoms with Crippen LogP contribution < -0.4 is 15.5 Å². The molecule has 0 aromatic heterocycles. The summed E-state index contributed by atoms with van der Waals surface area (Å²) in [4.78, 5) is 18.4. The number of carbonyl (C=O) groups excluding carboxylic acids is 1. The predicted molar refractivity (Wildman–Crippen MR) is 120 cm³/mol. The van der Waals surface area contributed by atoms with E-state index in [4.69, 9.17) is 4.99 Å². The maximum absolute atomic E-state index is 11.8. The van der Waals surface area contributed by atoms with Crippen molar-refractivity contribution in [3.8, 4) is 0 Å². The number of hydrogen-bond donors (Lipinski definition) is 3. The van der Waals surface area contributed by atoms with E-state index in [0.717, 1.165) is 62.4 Å². The topological polar surface area (TPSA) is 77.0 Å². The van der Waals surface area contributed by atoms with Crippen molar-refractivity contribution in [1.82, 2.24) is 10.6 Å². The van der Waals surface area contributed by atoms with E-state index >= 15 is 0 Å². The van der Waals surface area contributed by atoms with Crippen LogP contribution in [-0.4, -0.2) is 42.2 Å². The van der Waals surface area contributed by atoms with Crippen LogP contribution in [0.4, 0.5) is 5.69 Å². The highest BCUT2D eigenvalue weighted by molar-refractivity contribution is 14.0. The number of nitrogens with one attached hydrogen (secondary N) is 2. The maximum atomic E-state index is 11.8. The lowest BCUT2D eigenvalue weighted by atomic mass is 9.93. The summed E-state index contributed by atoms with van der Waals surface area (Å²) >= 11 is 0. The Morgan fingerprint density at radius 3 is 2.52 bits per heavy atom. The van der Waals surface area contributed by atoms with Crippen LogP contribution in [0.2, 0.25) is 0 Å². The summed E-state index contributed by atoms with van der Waals surface area (Å²) in [6.45, 7) is 4.29. The van der Waals surface area contributed by atoms with Crippen LogP contribution in [-0.2, 0) is 11.3 Å². The number of aliphatic hydroxyl groups is 1. The largest absolute Gasteiger partial charge is 0.393 e. The van der Waals surface area contributed by atoms with Gasteiger partial charge in [-0.15, -0.1) is 24.0 Å². The molecule has 0 unspecified atom stereocenters. The molecule has 1 aromatic carbocycles. The van der Waals surface area contributed by atoms with Gasteiger partial charge < -0.3 is 20.6 Å². The molecule has 3 N–H and O–H groups in total. The number of hydrogen-bond acceptors (Lipinski definition) is 3. The van der Waals surface area contributed by atoms with E-state index in [0.29, 0.717) is 19.0 Å². The van der Waals surface area contributed by atoms with Crippen molar-refractivity contribution in [2.45, 2.75) is 64.1 Å². The first-order valence-electron chi connectivity index (χ1n) is 9.78. The number of carbonyl (C=O) groups is 1. The van der Waals surface area contributed by atoms with Crippen molar-refractivity contribution >= 4 is 41.5 Å². The third kappa shape index (κ3) is 6.34. The van der Waals surface area contributed by atoms with Gasteiger partial charge in [0.25, 0.3) is 0 Å². The third-order valence-corrected chi connectivity index (χ3v) is 5.12. The predicted octanol–water partition coefficient (Wildman–Crippen LogP) is 2.79. The molecule has 1 saturated carbocycles. The van der Waals surface area contributed by atoms with Crippen molar-refractivity contribution in [2.24, 2.45) is 4.99 Å². The second kappa shape index (κ2) is 10.8. The SMILES string of the molecule is CCNC(=NCc1ccc(N2CCCC2=O)cc1)NC1CCC(O)CC1.I. The van der Waals surface area contributed by atoms with Gasteiger partial charge in [0.05, 0.1) is 12.6 Å². The van der Waals surface area contributed by atoms with Gasteiger partial charge in [-0.3, -0.25) is 4.79 Å². The molecule has 7 heteroatoms. The molecule has 1 aliphatic heterocycles. The maximum Gasteiger partial charge on any atom is 0.227 e. The Hall–Kier alpha value is -1.35. The van der Waals surface area contributed by atoms with E-state index in [1.165, 1.54) is 0 Å². The van der Waals surface area contributed by atoms with Crippen LogP contribution in [0.15, 0.2) is 29.3 Å². The van der Waals surface area contributed by atoms with E-state index in [1.807, 2.05) is 29.2 Å². The number of amides is 1. The molecule has 1 aliphatic carbocycles. The number of halogens is 1. The number of anilines is 1. The van der Waals surface area contributed by atoms with E-state index < -0.39 is 0 Å². The van der Waals surface area contributed by atoms with Gasteiger partial charge in [0, 0.05) is 31.2 Å².